The highest BCUT2D eigenvalue weighted by Gasteiger charge is 2.47. The van der Waals surface area contributed by atoms with Gasteiger partial charge in [0.25, 0.3) is 11.5 Å². The maximum atomic E-state index is 13.1. The van der Waals surface area contributed by atoms with Crippen molar-refractivity contribution in [1.82, 2.24) is 25.5 Å². The van der Waals surface area contributed by atoms with Gasteiger partial charge in [-0.25, -0.2) is 9.37 Å². The van der Waals surface area contributed by atoms with E-state index in [1.54, 1.807) is 0 Å². The summed E-state index contributed by atoms with van der Waals surface area (Å²) < 4.78 is 14.5. The van der Waals surface area contributed by atoms with Crippen LogP contribution >= 0.6 is 0 Å². The Bertz CT molecular complexity index is 1250. The monoisotopic (exact) mass is 483 g/mol. The summed E-state index contributed by atoms with van der Waals surface area (Å²) in [5.74, 6) is -2.03. The Labute approximate surface area is 199 Å². The van der Waals surface area contributed by atoms with E-state index >= 15 is 0 Å². The highest BCUT2D eigenvalue weighted by Crippen LogP contribution is 2.43. The van der Waals surface area contributed by atoms with Crippen LogP contribution in [0.1, 0.15) is 60.4 Å². The van der Waals surface area contributed by atoms with E-state index in [0.717, 1.165) is 12.8 Å². The summed E-state index contributed by atoms with van der Waals surface area (Å²) in [5.41, 5.74) is -1.51. The third-order valence-electron chi connectivity index (χ3n) is 7.23. The van der Waals surface area contributed by atoms with Crippen LogP contribution in [-0.4, -0.2) is 38.4 Å². The first-order valence-corrected chi connectivity index (χ1v) is 11.7. The molecular formula is C24H26FN5O5. The topological polar surface area (TPSA) is 142 Å². The standard InChI is InChI=1S/C24H26FN5O5/c25-15-3-1-13(2-4-15)11-26-21(34)18-19(32)22(35)30-12-14-7-9-24(10-8-14,23(30)28-18)29-20(33)16-5-6-17(31)27-16/h1-4,14,16,32H,5-12H2,(H,26,34)(H,27,31)(H,29,33)/t14?,16-,24?/m1/s1. The number of nitrogens with one attached hydrogen (secondary N) is 3. The van der Waals surface area contributed by atoms with E-state index < -0.39 is 40.3 Å². The summed E-state index contributed by atoms with van der Waals surface area (Å²) >= 11 is 0. The Kier molecular flexibility index (Phi) is 5.78. The van der Waals surface area contributed by atoms with Crippen LogP contribution in [0.4, 0.5) is 4.39 Å². The van der Waals surface area contributed by atoms with Crippen LogP contribution in [0.3, 0.4) is 0 Å². The molecule has 0 radical (unpaired) electrons. The summed E-state index contributed by atoms with van der Waals surface area (Å²) in [7, 11) is 0. The lowest BCUT2D eigenvalue weighted by atomic mass is 9.77. The number of halogens is 1. The number of fused-ring (bicyclic) bond motifs is 2. The molecule has 0 unspecified atom stereocenters. The van der Waals surface area contributed by atoms with Gasteiger partial charge in [0.1, 0.15) is 17.7 Å². The summed E-state index contributed by atoms with van der Waals surface area (Å²) in [6, 6.07) is 4.90. The molecule has 4 N–H and O–H groups in total. The van der Waals surface area contributed by atoms with Crippen LogP contribution in [0.2, 0.25) is 0 Å². The first-order chi connectivity index (χ1) is 16.8. The number of aromatic nitrogens is 2. The number of hydrogen-bond donors (Lipinski definition) is 4. The predicted molar refractivity (Wildman–Crippen MR) is 121 cm³/mol. The number of rotatable bonds is 5. The van der Waals surface area contributed by atoms with Crippen LogP contribution in [-0.2, 0) is 28.2 Å². The van der Waals surface area contributed by atoms with E-state index in [0.29, 0.717) is 31.4 Å². The Morgan fingerprint density at radius 1 is 1.17 bits per heavy atom. The fourth-order valence-corrected chi connectivity index (χ4v) is 5.26. The summed E-state index contributed by atoms with van der Waals surface area (Å²) in [6.45, 7) is 0.383. The lowest BCUT2D eigenvalue weighted by molar-refractivity contribution is -0.127. The van der Waals surface area contributed by atoms with Crippen molar-refractivity contribution >= 4 is 17.7 Å². The number of carbonyl (C=O) groups excluding carboxylic acids is 3. The number of amides is 3. The van der Waals surface area contributed by atoms with E-state index in [-0.39, 0.29) is 36.5 Å². The SMILES string of the molecule is O=C1CC[C@H](C(=O)NC23CCC(CC2)Cn2c3nc(C(=O)NCc3ccc(F)cc3)c(O)c2=O)N1. The molecule has 184 valence electrons. The highest BCUT2D eigenvalue weighted by atomic mass is 19.1. The van der Waals surface area contributed by atoms with Crippen LogP contribution in [0, 0.1) is 11.7 Å². The van der Waals surface area contributed by atoms with E-state index in [4.69, 9.17) is 0 Å². The number of hydrogen-bond acceptors (Lipinski definition) is 6. The maximum absolute atomic E-state index is 13.1. The molecule has 3 aliphatic heterocycles. The highest BCUT2D eigenvalue weighted by molar-refractivity contribution is 5.95. The molecule has 11 heteroatoms. The normalized spacial score (nSPS) is 24.9. The zero-order valence-corrected chi connectivity index (χ0v) is 19.0. The molecule has 35 heavy (non-hydrogen) atoms. The van der Waals surface area contributed by atoms with Crippen molar-refractivity contribution in [2.45, 2.75) is 63.2 Å². The van der Waals surface area contributed by atoms with Crippen molar-refractivity contribution in [3.63, 3.8) is 0 Å². The van der Waals surface area contributed by atoms with Crippen LogP contribution in [0.25, 0.3) is 0 Å². The Balaban J connectivity index is 1.47. The van der Waals surface area contributed by atoms with Gasteiger partial charge >= 0.3 is 0 Å². The zero-order valence-electron chi connectivity index (χ0n) is 19.0. The molecule has 1 atom stereocenters. The number of carbonyl (C=O) groups is 3. The molecule has 1 aromatic heterocycles. The van der Waals surface area contributed by atoms with Crippen molar-refractivity contribution in [3.05, 3.63) is 57.5 Å². The van der Waals surface area contributed by atoms with Crippen molar-refractivity contribution in [2.75, 3.05) is 0 Å². The molecule has 1 aliphatic carbocycles. The van der Waals surface area contributed by atoms with Crippen molar-refractivity contribution in [2.24, 2.45) is 5.92 Å². The average molecular weight is 484 g/mol. The number of nitrogens with zero attached hydrogens (tertiary/aromatic N) is 2. The van der Waals surface area contributed by atoms with Gasteiger partial charge in [0, 0.05) is 19.5 Å². The predicted octanol–water partition coefficient (Wildman–Crippen LogP) is 0.812. The Morgan fingerprint density at radius 3 is 2.54 bits per heavy atom. The van der Waals surface area contributed by atoms with Gasteiger partial charge < -0.3 is 21.1 Å². The molecule has 0 spiro atoms. The second kappa shape index (κ2) is 8.79. The zero-order chi connectivity index (χ0) is 24.7. The third kappa shape index (κ3) is 4.26. The second-order valence-corrected chi connectivity index (χ2v) is 9.53. The van der Waals surface area contributed by atoms with Gasteiger partial charge in [-0.05, 0) is 55.7 Å². The Hall–Kier alpha value is -3.76. The fourth-order valence-electron chi connectivity index (χ4n) is 5.26. The van der Waals surface area contributed by atoms with Gasteiger partial charge in [-0.2, -0.15) is 0 Å². The summed E-state index contributed by atoms with van der Waals surface area (Å²) in [5, 5.41) is 18.9. The third-order valence-corrected chi connectivity index (χ3v) is 7.23. The first-order valence-electron chi connectivity index (χ1n) is 11.7. The number of benzene rings is 1. The molecule has 2 aromatic rings. The van der Waals surface area contributed by atoms with E-state index in [9.17, 15) is 28.7 Å². The minimum atomic E-state index is -0.990. The smallest absolute Gasteiger partial charge is 0.296 e. The van der Waals surface area contributed by atoms with Gasteiger partial charge in [-0.1, -0.05) is 12.1 Å². The van der Waals surface area contributed by atoms with Crippen LogP contribution < -0.4 is 21.5 Å². The molecule has 10 nitrogen and oxygen atoms in total. The molecule has 2 bridgehead atoms. The first kappa shape index (κ1) is 23.0. The summed E-state index contributed by atoms with van der Waals surface area (Å²) in [6.07, 6.45) is 3.19. The average Bonchev–Trinajstić information content (AvgIpc) is 3.16. The van der Waals surface area contributed by atoms with Crippen molar-refractivity contribution in [1.29, 1.82) is 0 Å². The van der Waals surface area contributed by atoms with Crippen LogP contribution in [0.15, 0.2) is 29.1 Å². The van der Waals surface area contributed by atoms with Crippen molar-refractivity contribution in [3.8, 4) is 5.75 Å². The lowest BCUT2D eigenvalue weighted by Gasteiger charge is -2.37. The van der Waals surface area contributed by atoms with Gasteiger partial charge in [-0.3, -0.25) is 23.7 Å². The second-order valence-electron chi connectivity index (χ2n) is 9.53. The molecule has 4 aliphatic rings. The van der Waals surface area contributed by atoms with Gasteiger partial charge in [0.2, 0.25) is 17.6 Å². The van der Waals surface area contributed by atoms with Crippen LogP contribution in [0.5, 0.6) is 5.75 Å². The molecule has 2 fully saturated rings. The molecular weight excluding hydrogens is 457 g/mol. The van der Waals surface area contributed by atoms with Gasteiger partial charge in [0.05, 0.1) is 5.54 Å². The quantitative estimate of drug-likeness (QED) is 0.496. The minimum Gasteiger partial charge on any atom is -0.501 e. The Morgan fingerprint density at radius 2 is 1.89 bits per heavy atom. The van der Waals surface area contributed by atoms with Gasteiger partial charge in [0.15, 0.2) is 5.69 Å². The number of aromatic hydroxyl groups is 1. The van der Waals surface area contributed by atoms with E-state index in [2.05, 4.69) is 20.9 Å². The van der Waals surface area contributed by atoms with E-state index in [1.807, 2.05) is 0 Å². The maximum Gasteiger partial charge on any atom is 0.296 e. The lowest BCUT2D eigenvalue weighted by Crippen LogP contribution is -2.54. The summed E-state index contributed by atoms with van der Waals surface area (Å²) in [4.78, 5) is 55.1. The molecule has 1 saturated carbocycles. The molecule has 4 heterocycles. The minimum absolute atomic E-state index is 0.0456. The molecule has 1 aromatic carbocycles. The fraction of sp³-hybridized carbons (Fsp3) is 0.458. The van der Waals surface area contributed by atoms with Gasteiger partial charge in [-0.15, -0.1) is 0 Å². The molecule has 6 rings (SSSR count). The van der Waals surface area contributed by atoms with Crippen molar-refractivity contribution < 1.29 is 23.9 Å². The van der Waals surface area contributed by atoms with E-state index in [1.165, 1.54) is 28.8 Å². The largest absolute Gasteiger partial charge is 0.501 e. The molecule has 3 amide bonds. The molecule has 1 saturated heterocycles.